The summed E-state index contributed by atoms with van der Waals surface area (Å²) in [5.74, 6) is 1.73. The molecule has 1 aromatic heterocycles. The van der Waals surface area contributed by atoms with Crippen LogP contribution in [0.4, 0.5) is 5.82 Å². The highest BCUT2D eigenvalue weighted by molar-refractivity contribution is 6.31. The van der Waals surface area contributed by atoms with Gasteiger partial charge < -0.3 is 10.3 Å². The number of anilines is 1. The summed E-state index contributed by atoms with van der Waals surface area (Å²) < 4.78 is 2.04. The summed E-state index contributed by atoms with van der Waals surface area (Å²) in [7, 11) is 0. The zero-order chi connectivity index (χ0) is 13.3. The lowest BCUT2D eigenvalue weighted by Crippen LogP contribution is -2.04. The van der Waals surface area contributed by atoms with Crippen LogP contribution in [0.15, 0.2) is 18.2 Å². The molecule has 1 heterocycles. The average Bonchev–Trinajstić information content (AvgIpc) is 2.69. The first kappa shape index (κ1) is 13.0. The summed E-state index contributed by atoms with van der Waals surface area (Å²) in [6, 6.07) is 5.93. The second kappa shape index (κ2) is 5.02. The molecule has 18 heavy (non-hydrogen) atoms. The maximum Gasteiger partial charge on any atom is 0.131 e. The molecule has 96 valence electrons. The summed E-state index contributed by atoms with van der Waals surface area (Å²) >= 11 is 6.16. The molecule has 0 aliphatic carbocycles. The Hall–Kier alpha value is -1.48. The van der Waals surface area contributed by atoms with Crippen LogP contribution in [0.1, 0.15) is 25.2 Å². The molecule has 1 aromatic carbocycles. The van der Waals surface area contributed by atoms with Crippen molar-refractivity contribution in [2.75, 3.05) is 5.73 Å². The van der Waals surface area contributed by atoms with E-state index in [1.807, 2.05) is 29.7 Å². The van der Waals surface area contributed by atoms with E-state index in [0.717, 1.165) is 40.6 Å². The van der Waals surface area contributed by atoms with Crippen LogP contribution in [0.2, 0.25) is 5.02 Å². The number of nitrogens with two attached hydrogens (primary N) is 1. The summed E-state index contributed by atoms with van der Waals surface area (Å²) in [5, 5.41) is 0.746. The van der Waals surface area contributed by atoms with Gasteiger partial charge in [0, 0.05) is 23.6 Å². The van der Waals surface area contributed by atoms with E-state index in [1.165, 1.54) is 0 Å². The van der Waals surface area contributed by atoms with Gasteiger partial charge in [-0.3, -0.25) is 0 Å². The zero-order valence-corrected chi connectivity index (χ0v) is 11.8. The minimum absolute atomic E-state index is 0.717. The molecule has 0 aliphatic heterocycles. The van der Waals surface area contributed by atoms with Crippen molar-refractivity contribution in [3.63, 3.8) is 0 Å². The van der Waals surface area contributed by atoms with E-state index in [1.54, 1.807) is 0 Å². The molecule has 0 amide bonds. The Morgan fingerprint density at radius 3 is 2.56 bits per heavy atom. The number of aryl methyl sites for hydroxylation is 2. The Labute approximate surface area is 113 Å². The van der Waals surface area contributed by atoms with E-state index in [9.17, 15) is 0 Å². The van der Waals surface area contributed by atoms with Gasteiger partial charge in [-0.05, 0) is 25.5 Å². The van der Waals surface area contributed by atoms with Crippen LogP contribution < -0.4 is 5.73 Å². The molecule has 0 unspecified atom stereocenters. The van der Waals surface area contributed by atoms with Crippen molar-refractivity contribution in [1.82, 2.24) is 9.55 Å². The van der Waals surface area contributed by atoms with Gasteiger partial charge in [0.05, 0.1) is 0 Å². The SMILES string of the molecule is CCc1nc(-c2ccc(C)c(Cl)c2)c(N)n1CC. The van der Waals surface area contributed by atoms with Crippen LogP contribution in [-0.4, -0.2) is 9.55 Å². The summed E-state index contributed by atoms with van der Waals surface area (Å²) in [4.78, 5) is 4.62. The first-order valence-electron chi connectivity index (χ1n) is 6.19. The predicted molar refractivity (Wildman–Crippen MR) is 76.9 cm³/mol. The number of imidazole rings is 1. The van der Waals surface area contributed by atoms with E-state index < -0.39 is 0 Å². The second-order valence-corrected chi connectivity index (χ2v) is 4.73. The highest BCUT2D eigenvalue weighted by Gasteiger charge is 2.14. The number of hydrogen-bond acceptors (Lipinski definition) is 2. The number of aromatic nitrogens is 2. The molecule has 0 fully saturated rings. The number of hydrogen-bond donors (Lipinski definition) is 1. The molecule has 4 heteroatoms. The molecule has 0 radical (unpaired) electrons. The molecule has 0 spiro atoms. The van der Waals surface area contributed by atoms with Crippen molar-refractivity contribution in [3.05, 3.63) is 34.6 Å². The average molecular weight is 264 g/mol. The van der Waals surface area contributed by atoms with Crippen LogP contribution in [0, 0.1) is 6.92 Å². The molecule has 0 atom stereocenters. The van der Waals surface area contributed by atoms with E-state index in [4.69, 9.17) is 17.3 Å². The van der Waals surface area contributed by atoms with Gasteiger partial charge in [0.2, 0.25) is 0 Å². The van der Waals surface area contributed by atoms with Gasteiger partial charge in [-0.25, -0.2) is 4.98 Å². The molecule has 0 saturated heterocycles. The quantitative estimate of drug-likeness (QED) is 0.918. The van der Waals surface area contributed by atoms with E-state index in [-0.39, 0.29) is 0 Å². The number of nitrogen functional groups attached to an aromatic ring is 1. The standard InChI is InChI=1S/C14H18ClN3/c1-4-12-17-13(14(16)18(12)5-2)10-7-6-9(3)11(15)8-10/h6-8H,4-5,16H2,1-3H3. The Kier molecular flexibility index (Phi) is 3.62. The highest BCUT2D eigenvalue weighted by atomic mass is 35.5. The molecule has 0 bridgehead atoms. The van der Waals surface area contributed by atoms with Gasteiger partial charge in [0.15, 0.2) is 0 Å². The predicted octanol–water partition coefficient (Wildman–Crippen LogP) is 3.68. The normalized spacial score (nSPS) is 10.9. The van der Waals surface area contributed by atoms with Gasteiger partial charge >= 0.3 is 0 Å². The number of halogens is 1. The third kappa shape index (κ3) is 2.10. The molecule has 3 nitrogen and oxygen atoms in total. The summed E-state index contributed by atoms with van der Waals surface area (Å²) in [6.45, 7) is 6.97. The molecule has 2 rings (SSSR count). The van der Waals surface area contributed by atoms with E-state index in [2.05, 4.69) is 18.8 Å². The lowest BCUT2D eigenvalue weighted by Gasteiger charge is -2.05. The fourth-order valence-electron chi connectivity index (χ4n) is 2.09. The van der Waals surface area contributed by atoms with Crippen LogP contribution in [0.3, 0.4) is 0 Å². The third-order valence-corrected chi connectivity index (χ3v) is 3.57. The molecule has 0 aliphatic rings. The van der Waals surface area contributed by atoms with Crippen LogP contribution in [0.25, 0.3) is 11.3 Å². The molecular weight excluding hydrogens is 246 g/mol. The molecule has 0 saturated carbocycles. The highest BCUT2D eigenvalue weighted by Crippen LogP contribution is 2.29. The van der Waals surface area contributed by atoms with Crippen molar-refractivity contribution >= 4 is 17.4 Å². The Morgan fingerprint density at radius 2 is 2.06 bits per heavy atom. The van der Waals surface area contributed by atoms with E-state index >= 15 is 0 Å². The van der Waals surface area contributed by atoms with Gasteiger partial charge in [-0.15, -0.1) is 0 Å². The van der Waals surface area contributed by atoms with Gasteiger partial charge in [-0.1, -0.05) is 30.7 Å². The summed E-state index contributed by atoms with van der Waals surface area (Å²) in [6.07, 6.45) is 0.873. The van der Waals surface area contributed by atoms with Gasteiger partial charge in [0.1, 0.15) is 17.3 Å². The van der Waals surface area contributed by atoms with Crippen LogP contribution in [0.5, 0.6) is 0 Å². The zero-order valence-electron chi connectivity index (χ0n) is 11.0. The van der Waals surface area contributed by atoms with Gasteiger partial charge in [0.25, 0.3) is 0 Å². The van der Waals surface area contributed by atoms with Crippen molar-refractivity contribution in [1.29, 1.82) is 0 Å². The smallest absolute Gasteiger partial charge is 0.131 e. The largest absolute Gasteiger partial charge is 0.383 e. The molecular formula is C14H18ClN3. The first-order chi connectivity index (χ1) is 8.58. The number of rotatable bonds is 3. The topological polar surface area (TPSA) is 43.8 Å². The number of benzene rings is 1. The van der Waals surface area contributed by atoms with Crippen molar-refractivity contribution < 1.29 is 0 Å². The van der Waals surface area contributed by atoms with Gasteiger partial charge in [-0.2, -0.15) is 0 Å². The third-order valence-electron chi connectivity index (χ3n) is 3.16. The fourth-order valence-corrected chi connectivity index (χ4v) is 2.27. The van der Waals surface area contributed by atoms with Crippen molar-refractivity contribution in [2.45, 2.75) is 33.7 Å². The maximum atomic E-state index is 6.17. The van der Waals surface area contributed by atoms with E-state index in [0.29, 0.717) is 5.82 Å². The minimum Gasteiger partial charge on any atom is -0.383 e. The molecule has 2 N–H and O–H groups in total. The fraction of sp³-hybridized carbons (Fsp3) is 0.357. The van der Waals surface area contributed by atoms with Crippen molar-refractivity contribution in [2.24, 2.45) is 0 Å². The lowest BCUT2D eigenvalue weighted by molar-refractivity contribution is 0.713. The van der Waals surface area contributed by atoms with Crippen LogP contribution >= 0.6 is 11.6 Å². The maximum absolute atomic E-state index is 6.17. The molecule has 2 aromatic rings. The van der Waals surface area contributed by atoms with Crippen molar-refractivity contribution in [3.8, 4) is 11.3 Å². The second-order valence-electron chi connectivity index (χ2n) is 4.32. The Bertz CT molecular complexity index is 573. The minimum atomic E-state index is 0.717. The van der Waals surface area contributed by atoms with Crippen LogP contribution in [-0.2, 0) is 13.0 Å². The first-order valence-corrected chi connectivity index (χ1v) is 6.57. The Morgan fingerprint density at radius 1 is 1.33 bits per heavy atom. The Balaban J connectivity index is 2.56. The monoisotopic (exact) mass is 263 g/mol. The summed E-state index contributed by atoms with van der Waals surface area (Å²) in [5.41, 5.74) is 9.03. The lowest BCUT2D eigenvalue weighted by atomic mass is 10.1. The number of nitrogens with zero attached hydrogens (tertiary/aromatic N) is 2.